The molecule has 2 aliphatic rings. The van der Waals surface area contributed by atoms with Gasteiger partial charge in [0.25, 0.3) is 0 Å². The van der Waals surface area contributed by atoms with Crippen molar-refractivity contribution < 1.29 is 0 Å². The molecular formula is C19H20. The van der Waals surface area contributed by atoms with Crippen LogP contribution in [0.3, 0.4) is 0 Å². The highest BCUT2D eigenvalue weighted by atomic mass is 14.6. The molecule has 2 unspecified atom stereocenters. The first-order chi connectivity index (χ1) is 9.39. The summed E-state index contributed by atoms with van der Waals surface area (Å²) in [7, 11) is 0. The van der Waals surface area contributed by atoms with Gasteiger partial charge >= 0.3 is 0 Å². The van der Waals surface area contributed by atoms with E-state index in [1.165, 1.54) is 25.7 Å². The summed E-state index contributed by atoms with van der Waals surface area (Å²) in [5, 5.41) is 0. The first-order valence-electron chi connectivity index (χ1n) is 7.49. The molecule has 96 valence electrons. The second-order valence-corrected chi connectivity index (χ2v) is 6.31. The van der Waals surface area contributed by atoms with Crippen LogP contribution in [0.15, 0.2) is 60.7 Å². The van der Waals surface area contributed by atoms with Gasteiger partial charge in [-0.25, -0.2) is 0 Å². The quantitative estimate of drug-likeness (QED) is 0.691. The summed E-state index contributed by atoms with van der Waals surface area (Å²) in [5.41, 5.74) is 3.74. The van der Waals surface area contributed by atoms with Crippen LogP contribution in [0.1, 0.15) is 48.6 Å². The lowest BCUT2D eigenvalue weighted by Gasteiger charge is -2.25. The number of hydrogen-bond donors (Lipinski definition) is 0. The lowest BCUT2D eigenvalue weighted by molar-refractivity contribution is 0.445. The Hall–Kier alpha value is -1.56. The van der Waals surface area contributed by atoms with Gasteiger partial charge in [-0.2, -0.15) is 0 Å². The molecule has 2 saturated carbocycles. The molecule has 2 atom stereocenters. The van der Waals surface area contributed by atoms with Gasteiger partial charge in [0.2, 0.25) is 0 Å². The van der Waals surface area contributed by atoms with Crippen molar-refractivity contribution in [2.75, 3.05) is 0 Å². The second kappa shape index (κ2) is 4.23. The van der Waals surface area contributed by atoms with Crippen molar-refractivity contribution in [3.8, 4) is 0 Å². The van der Waals surface area contributed by atoms with Crippen molar-refractivity contribution in [1.82, 2.24) is 0 Å². The molecule has 0 aliphatic heterocycles. The van der Waals surface area contributed by atoms with Crippen molar-refractivity contribution >= 4 is 0 Å². The average molecular weight is 248 g/mol. The van der Waals surface area contributed by atoms with Crippen molar-refractivity contribution in [2.45, 2.75) is 37.5 Å². The van der Waals surface area contributed by atoms with E-state index in [0.717, 1.165) is 11.8 Å². The molecule has 0 nitrogen and oxygen atoms in total. The van der Waals surface area contributed by atoms with Crippen molar-refractivity contribution in [3.05, 3.63) is 71.8 Å². The van der Waals surface area contributed by atoms with Crippen LogP contribution in [0.25, 0.3) is 0 Å². The molecule has 0 heterocycles. The van der Waals surface area contributed by atoms with E-state index < -0.39 is 0 Å². The number of rotatable bonds is 2. The fourth-order valence-corrected chi connectivity index (χ4v) is 4.22. The predicted octanol–water partition coefficient (Wildman–Crippen LogP) is 5.13. The SMILES string of the molecule is c1ccc(C2CCC3(CC3)C2c2ccccc2)cc1. The summed E-state index contributed by atoms with van der Waals surface area (Å²) < 4.78 is 0. The van der Waals surface area contributed by atoms with Crippen molar-refractivity contribution in [2.24, 2.45) is 5.41 Å². The molecule has 0 bridgehead atoms. The summed E-state index contributed by atoms with van der Waals surface area (Å²) in [5.74, 6) is 1.47. The second-order valence-electron chi connectivity index (χ2n) is 6.31. The molecule has 0 N–H and O–H groups in total. The van der Waals surface area contributed by atoms with E-state index in [9.17, 15) is 0 Å². The summed E-state index contributed by atoms with van der Waals surface area (Å²) >= 11 is 0. The van der Waals surface area contributed by atoms with Gasteiger partial charge in [-0.05, 0) is 54.1 Å². The Bertz CT molecular complexity index is 551. The molecule has 19 heavy (non-hydrogen) atoms. The number of benzene rings is 2. The minimum absolute atomic E-state index is 0.641. The lowest BCUT2D eigenvalue weighted by atomic mass is 9.78. The zero-order valence-electron chi connectivity index (χ0n) is 11.3. The van der Waals surface area contributed by atoms with Crippen LogP contribution in [-0.4, -0.2) is 0 Å². The van der Waals surface area contributed by atoms with E-state index >= 15 is 0 Å². The monoisotopic (exact) mass is 248 g/mol. The summed E-state index contributed by atoms with van der Waals surface area (Å²) in [6, 6.07) is 22.4. The van der Waals surface area contributed by atoms with E-state index in [-0.39, 0.29) is 0 Å². The Kier molecular flexibility index (Phi) is 2.51. The topological polar surface area (TPSA) is 0 Å². The fourth-order valence-electron chi connectivity index (χ4n) is 4.22. The Morgan fingerprint density at radius 3 is 1.84 bits per heavy atom. The van der Waals surface area contributed by atoms with Gasteiger partial charge in [-0.1, -0.05) is 60.7 Å². The molecular weight excluding hydrogens is 228 g/mol. The molecule has 0 amide bonds. The molecule has 1 spiro atoms. The van der Waals surface area contributed by atoms with Gasteiger partial charge in [-0.3, -0.25) is 0 Å². The third-order valence-electron chi connectivity index (χ3n) is 5.29. The minimum atomic E-state index is 0.641. The Balaban J connectivity index is 1.76. The van der Waals surface area contributed by atoms with Gasteiger partial charge in [-0.15, -0.1) is 0 Å². The molecule has 2 aliphatic carbocycles. The molecule has 4 rings (SSSR count). The zero-order chi connectivity index (χ0) is 12.7. The highest BCUT2D eigenvalue weighted by Gasteiger charge is 2.56. The van der Waals surface area contributed by atoms with Gasteiger partial charge in [0.15, 0.2) is 0 Å². The van der Waals surface area contributed by atoms with E-state index in [4.69, 9.17) is 0 Å². The molecule has 0 radical (unpaired) electrons. The van der Waals surface area contributed by atoms with Crippen LogP contribution in [-0.2, 0) is 0 Å². The van der Waals surface area contributed by atoms with Gasteiger partial charge < -0.3 is 0 Å². The van der Waals surface area contributed by atoms with Crippen LogP contribution in [0.5, 0.6) is 0 Å². The Morgan fingerprint density at radius 1 is 0.684 bits per heavy atom. The maximum Gasteiger partial charge on any atom is -0.00365 e. The van der Waals surface area contributed by atoms with Gasteiger partial charge in [0, 0.05) is 0 Å². The van der Waals surface area contributed by atoms with Gasteiger partial charge in [0.05, 0.1) is 0 Å². The molecule has 2 aromatic carbocycles. The van der Waals surface area contributed by atoms with E-state index in [2.05, 4.69) is 60.7 Å². The average Bonchev–Trinajstić information content (AvgIpc) is 3.14. The van der Waals surface area contributed by atoms with E-state index in [0.29, 0.717) is 5.41 Å². The highest BCUT2D eigenvalue weighted by molar-refractivity contribution is 5.35. The molecule has 0 aromatic heterocycles. The van der Waals surface area contributed by atoms with Crippen LogP contribution in [0.4, 0.5) is 0 Å². The van der Waals surface area contributed by atoms with Crippen LogP contribution >= 0.6 is 0 Å². The normalized spacial score (nSPS) is 27.6. The first-order valence-corrected chi connectivity index (χ1v) is 7.49. The lowest BCUT2D eigenvalue weighted by Crippen LogP contribution is -2.12. The first kappa shape index (κ1) is 11.3. The number of hydrogen-bond acceptors (Lipinski definition) is 0. The summed E-state index contributed by atoms with van der Waals surface area (Å²) in [6.07, 6.45) is 5.67. The minimum Gasteiger partial charge on any atom is -0.0622 e. The Labute approximate surface area is 115 Å². The van der Waals surface area contributed by atoms with Crippen LogP contribution in [0, 0.1) is 5.41 Å². The standard InChI is InChI=1S/C19H20/c1-3-7-15(8-4-1)17-11-12-19(13-14-19)18(17)16-9-5-2-6-10-16/h1-10,17-18H,11-14H2. The molecule has 2 fully saturated rings. The van der Waals surface area contributed by atoms with Crippen molar-refractivity contribution in [1.29, 1.82) is 0 Å². The smallest absolute Gasteiger partial charge is 0.00365 e. The summed E-state index contributed by atoms with van der Waals surface area (Å²) in [6.45, 7) is 0. The third kappa shape index (κ3) is 1.82. The van der Waals surface area contributed by atoms with Gasteiger partial charge in [0.1, 0.15) is 0 Å². The zero-order valence-corrected chi connectivity index (χ0v) is 11.3. The fraction of sp³-hybridized carbons (Fsp3) is 0.368. The maximum absolute atomic E-state index is 2.34. The maximum atomic E-state index is 2.34. The van der Waals surface area contributed by atoms with E-state index in [1.807, 2.05) is 0 Å². The van der Waals surface area contributed by atoms with Crippen LogP contribution in [0.2, 0.25) is 0 Å². The predicted molar refractivity (Wildman–Crippen MR) is 79.3 cm³/mol. The molecule has 0 heteroatoms. The molecule has 0 saturated heterocycles. The van der Waals surface area contributed by atoms with Crippen LogP contribution < -0.4 is 0 Å². The van der Waals surface area contributed by atoms with E-state index in [1.54, 1.807) is 11.1 Å². The summed E-state index contributed by atoms with van der Waals surface area (Å²) in [4.78, 5) is 0. The van der Waals surface area contributed by atoms with Crippen molar-refractivity contribution in [3.63, 3.8) is 0 Å². The Morgan fingerprint density at radius 2 is 1.26 bits per heavy atom. The molecule has 2 aromatic rings. The third-order valence-corrected chi connectivity index (χ3v) is 5.29. The largest absolute Gasteiger partial charge is 0.0622 e. The highest BCUT2D eigenvalue weighted by Crippen LogP contribution is 2.69.